The van der Waals surface area contributed by atoms with Gasteiger partial charge in [0.15, 0.2) is 0 Å². The van der Waals surface area contributed by atoms with Gasteiger partial charge in [-0.1, -0.05) is 44.2 Å². The summed E-state index contributed by atoms with van der Waals surface area (Å²) in [6.07, 6.45) is 2.54. The van der Waals surface area contributed by atoms with E-state index in [1.807, 2.05) is 18.2 Å². The van der Waals surface area contributed by atoms with Crippen molar-refractivity contribution in [2.24, 2.45) is 5.92 Å². The van der Waals surface area contributed by atoms with Crippen LogP contribution in [0.25, 0.3) is 0 Å². The van der Waals surface area contributed by atoms with Crippen LogP contribution in [0.2, 0.25) is 0 Å². The molecule has 1 fully saturated rings. The van der Waals surface area contributed by atoms with Crippen molar-refractivity contribution in [2.45, 2.75) is 39.2 Å². The summed E-state index contributed by atoms with van der Waals surface area (Å²) in [7, 11) is 0. The number of rotatable bonds is 6. The van der Waals surface area contributed by atoms with Crippen molar-refractivity contribution in [1.82, 2.24) is 10.2 Å². The summed E-state index contributed by atoms with van der Waals surface area (Å²) in [6.45, 7) is 4.94. The number of nitrogens with one attached hydrogen (secondary N) is 1. The summed E-state index contributed by atoms with van der Waals surface area (Å²) in [6, 6.07) is 9.93. The van der Waals surface area contributed by atoms with Crippen molar-refractivity contribution in [1.29, 1.82) is 0 Å². The lowest BCUT2D eigenvalue weighted by molar-refractivity contribution is -0.146. The van der Waals surface area contributed by atoms with Crippen LogP contribution in [0, 0.1) is 5.92 Å². The van der Waals surface area contributed by atoms with Crippen LogP contribution < -0.4 is 5.32 Å². The van der Waals surface area contributed by atoms with E-state index >= 15 is 0 Å². The van der Waals surface area contributed by atoms with E-state index in [4.69, 9.17) is 0 Å². The molecular weight excluding hydrogens is 264 g/mol. The molecule has 1 N–H and O–H groups in total. The van der Waals surface area contributed by atoms with E-state index in [1.54, 1.807) is 4.90 Å². The van der Waals surface area contributed by atoms with Crippen molar-refractivity contribution >= 4 is 11.8 Å². The van der Waals surface area contributed by atoms with Gasteiger partial charge in [0, 0.05) is 6.54 Å². The first kappa shape index (κ1) is 15.5. The molecule has 114 valence electrons. The maximum Gasteiger partial charge on any atom is 0.243 e. The molecule has 1 aromatic rings. The highest BCUT2D eigenvalue weighted by atomic mass is 16.2. The summed E-state index contributed by atoms with van der Waals surface area (Å²) in [5.41, 5.74) is 1.27. The Labute approximate surface area is 126 Å². The van der Waals surface area contributed by atoms with Crippen LogP contribution in [0.1, 0.15) is 32.3 Å². The SMILES string of the molecule is CC(C)CC1C(=O)NCC(=O)N1CCCc1ccccc1. The molecule has 0 saturated carbocycles. The van der Waals surface area contributed by atoms with E-state index in [2.05, 4.69) is 31.3 Å². The van der Waals surface area contributed by atoms with Crippen LogP contribution in [0.4, 0.5) is 0 Å². The summed E-state index contributed by atoms with van der Waals surface area (Å²) >= 11 is 0. The van der Waals surface area contributed by atoms with E-state index < -0.39 is 0 Å². The molecule has 4 heteroatoms. The van der Waals surface area contributed by atoms with Gasteiger partial charge in [0.25, 0.3) is 0 Å². The van der Waals surface area contributed by atoms with Crippen LogP contribution in [0.15, 0.2) is 30.3 Å². The van der Waals surface area contributed by atoms with Crippen molar-refractivity contribution in [3.8, 4) is 0 Å². The van der Waals surface area contributed by atoms with Gasteiger partial charge in [0.05, 0.1) is 6.54 Å². The number of benzene rings is 1. The smallest absolute Gasteiger partial charge is 0.243 e. The minimum Gasteiger partial charge on any atom is -0.345 e. The fourth-order valence-corrected chi connectivity index (χ4v) is 2.76. The van der Waals surface area contributed by atoms with E-state index in [-0.39, 0.29) is 24.4 Å². The molecule has 1 aliphatic heterocycles. The molecule has 1 atom stereocenters. The highest BCUT2D eigenvalue weighted by Gasteiger charge is 2.34. The largest absolute Gasteiger partial charge is 0.345 e. The van der Waals surface area contributed by atoms with Crippen molar-refractivity contribution in [2.75, 3.05) is 13.1 Å². The van der Waals surface area contributed by atoms with Crippen LogP contribution >= 0.6 is 0 Å². The van der Waals surface area contributed by atoms with Crippen molar-refractivity contribution in [3.63, 3.8) is 0 Å². The molecule has 1 saturated heterocycles. The van der Waals surface area contributed by atoms with E-state index in [1.165, 1.54) is 5.56 Å². The number of hydrogen-bond acceptors (Lipinski definition) is 2. The van der Waals surface area contributed by atoms with Gasteiger partial charge in [-0.3, -0.25) is 9.59 Å². The zero-order valence-corrected chi connectivity index (χ0v) is 12.8. The molecule has 1 aromatic carbocycles. The first-order chi connectivity index (χ1) is 10.1. The molecule has 1 heterocycles. The Kier molecular flexibility index (Phi) is 5.37. The molecule has 0 bridgehead atoms. The molecule has 2 rings (SSSR count). The van der Waals surface area contributed by atoms with Gasteiger partial charge in [0.2, 0.25) is 11.8 Å². The summed E-state index contributed by atoms with van der Waals surface area (Å²) in [5, 5.41) is 2.70. The quantitative estimate of drug-likeness (QED) is 0.870. The second-order valence-corrected chi connectivity index (χ2v) is 6.04. The lowest BCUT2D eigenvalue weighted by atomic mass is 9.99. The van der Waals surface area contributed by atoms with Gasteiger partial charge in [-0.2, -0.15) is 0 Å². The average molecular weight is 288 g/mol. The van der Waals surface area contributed by atoms with Gasteiger partial charge in [-0.15, -0.1) is 0 Å². The Morgan fingerprint density at radius 1 is 1.24 bits per heavy atom. The molecule has 0 aliphatic carbocycles. The third-order valence-corrected chi connectivity index (χ3v) is 3.82. The topological polar surface area (TPSA) is 49.4 Å². The molecule has 0 aromatic heterocycles. The van der Waals surface area contributed by atoms with Gasteiger partial charge in [-0.25, -0.2) is 0 Å². The monoisotopic (exact) mass is 288 g/mol. The van der Waals surface area contributed by atoms with E-state index in [0.717, 1.165) is 19.3 Å². The number of piperazine rings is 1. The second kappa shape index (κ2) is 7.25. The lowest BCUT2D eigenvalue weighted by Gasteiger charge is -2.36. The Hall–Kier alpha value is -1.84. The van der Waals surface area contributed by atoms with Crippen LogP contribution in [-0.4, -0.2) is 35.8 Å². The van der Waals surface area contributed by atoms with E-state index in [9.17, 15) is 9.59 Å². The van der Waals surface area contributed by atoms with Gasteiger partial charge in [-0.05, 0) is 30.7 Å². The first-order valence-corrected chi connectivity index (χ1v) is 7.69. The fourth-order valence-electron chi connectivity index (χ4n) is 2.76. The average Bonchev–Trinajstić information content (AvgIpc) is 2.46. The van der Waals surface area contributed by atoms with Gasteiger partial charge >= 0.3 is 0 Å². The number of amides is 2. The minimum atomic E-state index is -0.304. The van der Waals surface area contributed by atoms with Crippen molar-refractivity contribution in [3.05, 3.63) is 35.9 Å². The third-order valence-electron chi connectivity index (χ3n) is 3.82. The van der Waals surface area contributed by atoms with Crippen LogP contribution in [0.3, 0.4) is 0 Å². The normalized spacial score (nSPS) is 19.0. The Bertz CT molecular complexity index is 485. The maximum absolute atomic E-state index is 12.1. The van der Waals surface area contributed by atoms with Crippen LogP contribution in [0.5, 0.6) is 0 Å². The first-order valence-electron chi connectivity index (χ1n) is 7.69. The summed E-state index contributed by atoms with van der Waals surface area (Å²) in [4.78, 5) is 25.9. The summed E-state index contributed by atoms with van der Waals surface area (Å²) < 4.78 is 0. The Balaban J connectivity index is 1.94. The zero-order chi connectivity index (χ0) is 15.2. The number of carbonyl (C=O) groups is 2. The molecule has 0 radical (unpaired) electrons. The maximum atomic E-state index is 12.1. The second-order valence-electron chi connectivity index (χ2n) is 6.04. The highest BCUT2D eigenvalue weighted by Crippen LogP contribution is 2.16. The minimum absolute atomic E-state index is 0.0111. The number of hydrogen-bond donors (Lipinski definition) is 1. The van der Waals surface area contributed by atoms with Gasteiger partial charge in [0.1, 0.15) is 6.04 Å². The van der Waals surface area contributed by atoms with E-state index in [0.29, 0.717) is 12.5 Å². The predicted molar refractivity (Wildman–Crippen MR) is 82.7 cm³/mol. The predicted octanol–water partition coefficient (Wildman–Crippen LogP) is 1.99. The van der Waals surface area contributed by atoms with Crippen LogP contribution in [-0.2, 0) is 16.0 Å². The third kappa shape index (κ3) is 4.31. The number of aryl methyl sites for hydroxylation is 1. The number of carbonyl (C=O) groups excluding carboxylic acids is 2. The number of nitrogens with zero attached hydrogens (tertiary/aromatic N) is 1. The molecule has 1 aliphatic rings. The Morgan fingerprint density at radius 2 is 1.95 bits per heavy atom. The molecule has 4 nitrogen and oxygen atoms in total. The molecule has 2 amide bonds. The van der Waals surface area contributed by atoms with Crippen molar-refractivity contribution < 1.29 is 9.59 Å². The standard InChI is InChI=1S/C17H24N2O2/c1-13(2)11-15-17(21)18-12-16(20)19(15)10-6-9-14-7-4-3-5-8-14/h3-5,7-8,13,15H,6,9-12H2,1-2H3,(H,18,21). The zero-order valence-electron chi connectivity index (χ0n) is 12.8. The summed E-state index contributed by atoms with van der Waals surface area (Å²) in [5.74, 6) is 0.416. The fraction of sp³-hybridized carbons (Fsp3) is 0.529. The highest BCUT2D eigenvalue weighted by molar-refractivity contribution is 5.94. The Morgan fingerprint density at radius 3 is 2.62 bits per heavy atom. The van der Waals surface area contributed by atoms with Gasteiger partial charge < -0.3 is 10.2 Å². The molecule has 1 unspecified atom stereocenters. The molecular formula is C17H24N2O2. The lowest BCUT2D eigenvalue weighted by Crippen LogP contribution is -2.58. The molecule has 21 heavy (non-hydrogen) atoms. The molecule has 0 spiro atoms.